The summed E-state index contributed by atoms with van der Waals surface area (Å²) in [4.78, 5) is 11.9. The summed E-state index contributed by atoms with van der Waals surface area (Å²) in [5, 5.41) is 16.0. The molecule has 0 bridgehead atoms. The number of urea groups is 1. The van der Waals surface area contributed by atoms with Crippen molar-refractivity contribution in [2.24, 2.45) is 0 Å². The maximum atomic E-state index is 13.1. The normalized spacial score (nSPS) is 10.2. The smallest absolute Gasteiger partial charge is 0.324 e. The van der Waals surface area contributed by atoms with Gasteiger partial charge in [-0.05, 0) is 42.5 Å². The maximum Gasteiger partial charge on any atom is 0.324 e. The van der Waals surface area contributed by atoms with E-state index < -0.39 is 11.8 Å². The molecule has 0 aliphatic heterocycles. The predicted octanol–water partition coefficient (Wildman–Crippen LogP) is 4.66. The molecule has 0 atom stereocenters. The first-order valence-corrected chi connectivity index (χ1v) is 7.67. The van der Waals surface area contributed by atoms with E-state index in [9.17, 15) is 9.18 Å². The lowest BCUT2D eigenvalue weighted by atomic mass is 10.3. The fraction of sp³-hybridized carbons (Fsp3) is 0. The first-order chi connectivity index (χ1) is 12.1. The number of para-hydroxylation sites is 1. The number of nitrogens with zero attached hydrogens (tertiary/aromatic N) is 2. The number of carbonyl (C=O) groups excluding carboxylic acids is 1. The first kappa shape index (κ1) is 16.7. The molecule has 0 saturated carbocycles. The van der Waals surface area contributed by atoms with Gasteiger partial charge >= 0.3 is 6.03 Å². The van der Waals surface area contributed by atoms with Gasteiger partial charge in [-0.1, -0.05) is 29.8 Å². The monoisotopic (exact) mass is 357 g/mol. The fourth-order valence-corrected chi connectivity index (χ4v) is 2.17. The van der Waals surface area contributed by atoms with Gasteiger partial charge in [0.15, 0.2) is 11.6 Å². The van der Waals surface area contributed by atoms with Crippen LogP contribution in [-0.2, 0) is 0 Å². The Labute approximate surface area is 148 Å². The van der Waals surface area contributed by atoms with E-state index in [1.54, 1.807) is 24.3 Å². The maximum absolute atomic E-state index is 13.1. The second kappa shape index (κ2) is 7.59. The minimum atomic E-state index is -0.498. The van der Waals surface area contributed by atoms with Crippen LogP contribution < -0.4 is 16.0 Å². The number of anilines is 4. The third-order valence-electron chi connectivity index (χ3n) is 3.13. The van der Waals surface area contributed by atoms with Crippen molar-refractivity contribution in [2.75, 3.05) is 16.0 Å². The van der Waals surface area contributed by atoms with Gasteiger partial charge in [0.05, 0.1) is 5.02 Å². The second-order valence-electron chi connectivity index (χ2n) is 5.00. The van der Waals surface area contributed by atoms with Crippen LogP contribution in [0.3, 0.4) is 0 Å². The van der Waals surface area contributed by atoms with Crippen molar-refractivity contribution < 1.29 is 9.18 Å². The third kappa shape index (κ3) is 4.65. The minimum absolute atomic E-state index is 0.00818. The molecule has 3 rings (SSSR count). The van der Waals surface area contributed by atoms with E-state index in [4.69, 9.17) is 11.6 Å². The largest absolute Gasteiger partial charge is 0.339 e. The molecule has 2 aromatic carbocycles. The van der Waals surface area contributed by atoms with Crippen LogP contribution in [-0.4, -0.2) is 16.2 Å². The van der Waals surface area contributed by atoms with Crippen LogP contribution in [0.25, 0.3) is 0 Å². The standard InChI is InChI=1S/C17H13ClFN5O/c18-13-10-12(6-7-14(13)19)20-15-8-9-16(24-23-15)22-17(25)21-11-4-2-1-3-5-11/h1-10H,(H,20,23)(H2,21,22,24,25). The summed E-state index contributed by atoms with van der Waals surface area (Å²) in [7, 11) is 0. The molecule has 0 unspecified atom stereocenters. The first-order valence-electron chi connectivity index (χ1n) is 7.29. The molecule has 1 aromatic heterocycles. The van der Waals surface area contributed by atoms with Crippen LogP contribution in [0, 0.1) is 5.82 Å². The molecule has 2 amide bonds. The number of carbonyl (C=O) groups is 1. The van der Waals surface area contributed by atoms with Gasteiger partial charge in [0, 0.05) is 11.4 Å². The lowest BCUT2D eigenvalue weighted by molar-refractivity contribution is 0.262. The minimum Gasteiger partial charge on any atom is -0.339 e. The third-order valence-corrected chi connectivity index (χ3v) is 3.42. The van der Waals surface area contributed by atoms with Crippen molar-refractivity contribution in [3.8, 4) is 0 Å². The fourth-order valence-electron chi connectivity index (χ4n) is 1.99. The van der Waals surface area contributed by atoms with Gasteiger partial charge in [0.2, 0.25) is 0 Å². The van der Waals surface area contributed by atoms with Crippen molar-refractivity contribution in [1.82, 2.24) is 10.2 Å². The summed E-state index contributed by atoms with van der Waals surface area (Å²) in [6.07, 6.45) is 0. The zero-order chi connectivity index (χ0) is 17.6. The van der Waals surface area contributed by atoms with E-state index in [-0.39, 0.29) is 10.8 Å². The molecule has 0 fully saturated rings. The number of nitrogens with one attached hydrogen (secondary N) is 3. The van der Waals surface area contributed by atoms with Crippen LogP contribution in [0.1, 0.15) is 0 Å². The van der Waals surface area contributed by atoms with Gasteiger partial charge in [0.25, 0.3) is 0 Å². The highest BCUT2D eigenvalue weighted by Crippen LogP contribution is 2.22. The Balaban J connectivity index is 1.60. The highest BCUT2D eigenvalue weighted by molar-refractivity contribution is 6.31. The molecule has 0 radical (unpaired) electrons. The van der Waals surface area contributed by atoms with Crippen LogP contribution >= 0.6 is 11.6 Å². The number of benzene rings is 2. The van der Waals surface area contributed by atoms with E-state index >= 15 is 0 Å². The van der Waals surface area contributed by atoms with E-state index in [1.807, 2.05) is 18.2 Å². The molecule has 0 aliphatic rings. The van der Waals surface area contributed by atoms with Crippen LogP contribution in [0.2, 0.25) is 5.02 Å². The molecule has 0 aliphatic carbocycles. The molecule has 1 heterocycles. The lowest BCUT2D eigenvalue weighted by Crippen LogP contribution is -2.20. The number of hydrogen-bond acceptors (Lipinski definition) is 4. The van der Waals surface area contributed by atoms with Crippen molar-refractivity contribution >= 4 is 40.6 Å². The van der Waals surface area contributed by atoms with Crippen LogP contribution in [0.15, 0.2) is 60.7 Å². The second-order valence-corrected chi connectivity index (χ2v) is 5.41. The summed E-state index contributed by atoms with van der Waals surface area (Å²) in [5.74, 6) is 0.218. The van der Waals surface area contributed by atoms with Gasteiger partial charge in [-0.15, -0.1) is 10.2 Å². The summed E-state index contributed by atoms with van der Waals surface area (Å²) in [6.45, 7) is 0. The average molecular weight is 358 g/mol. The highest BCUT2D eigenvalue weighted by atomic mass is 35.5. The van der Waals surface area contributed by atoms with E-state index in [0.717, 1.165) is 0 Å². The lowest BCUT2D eigenvalue weighted by Gasteiger charge is -2.08. The molecule has 6 nitrogen and oxygen atoms in total. The SMILES string of the molecule is O=C(Nc1ccccc1)Nc1ccc(Nc2ccc(F)c(Cl)c2)nn1. The Hall–Kier alpha value is -3.19. The Morgan fingerprint density at radius 2 is 1.60 bits per heavy atom. The van der Waals surface area contributed by atoms with Crippen LogP contribution in [0.5, 0.6) is 0 Å². The Morgan fingerprint density at radius 3 is 2.28 bits per heavy atom. The molecular formula is C17H13ClFN5O. The Kier molecular flexibility index (Phi) is 5.06. The average Bonchev–Trinajstić information content (AvgIpc) is 2.61. The predicted molar refractivity (Wildman–Crippen MR) is 95.8 cm³/mol. The van der Waals surface area contributed by atoms with Gasteiger partial charge in [-0.2, -0.15) is 0 Å². The summed E-state index contributed by atoms with van der Waals surface area (Å²) in [6, 6.07) is 16.0. The molecule has 25 heavy (non-hydrogen) atoms. The molecular weight excluding hydrogens is 345 g/mol. The van der Waals surface area contributed by atoms with Crippen molar-refractivity contribution in [2.45, 2.75) is 0 Å². The van der Waals surface area contributed by atoms with Crippen LogP contribution in [0.4, 0.5) is 32.2 Å². The molecule has 0 saturated heterocycles. The molecule has 126 valence electrons. The Bertz CT molecular complexity index is 874. The number of amides is 2. The highest BCUT2D eigenvalue weighted by Gasteiger charge is 2.05. The number of aromatic nitrogens is 2. The van der Waals surface area contributed by atoms with E-state index in [1.165, 1.54) is 18.2 Å². The summed E-state index contributed by atoms with van der Waals surface area (Å²) < 4.78 is 13.1. The van der Waals surface area contributed by atoms with Gasteiger partial charge in [-0.25, -0.2) is 9.18 Å². The quantitative estimate of drug-likeness (QED) is 0.634. The van der Waals surface area contributed by atoms with E-state index in [0.29, 0.717) is 17.2 Å². The zero-order valence-corrected chi connectivity index (χ0v) is 13.6. The zero-order valence-electron chi connectivity index (χ0n) is 12.8. The molecule has 3 N–H and O–H groups in total. The number of halogens is 2. The van der Waals surface area contributed by atoms with Gasteiger partial charge in [0.1, 0.15) is 5.82 Å². The summed E-state index contributed by atoms with van der Waals surface area (Å²) >= 11 is 5.72. The molecule has 8 heteroatoms. The van der Waals surface area contributed by atoms with Gasteiger partial charge < -0.3 is 10.6 Å². The molecule has 0 spiro atoms. The van der Waals surface area contributed by atoms with Crippen molar-refractivity contribution in [3.05, 3.63) is 71.5 Å². The Morgan fingerprint density at radius 1 is 0.880 bits per heavy atom. The van der Waals surface area contributed by atoms with E-state index in [2.05, 4.69) is 26.1 Å². The van der Waals surface area contributed by atoms with Crippen molar-refractivity contribution in [3.63, 3.8) is 0 Å². The molecule has 3 aromatic rings. The summed E-state index contributed by atoms with van der Waals surface area (Å²) in [5.41, 5.74) is 1.24. The van der Waals surface area contributed by atoms with Gasteiger partial charge in [-0.3, -0.25) is 5.32 Å². The topological polar surface area (TPSA) is 78.9 Å². The van der Waals surface area contributed by atoms with Crippen molar-refractivity contribution in [1.29, 1.82) is 0 Å². The number of rotatable bonds is 4. The number of hydrogen-bond donors (Lipinski definition) is 3.